The Morgan fingerprint density at radius 3 is 2.90 bits per heavy atom. The fourth-order valence-corrected chi connectivity index (χ4v) is 2.93. The third-order valence-electron chi connectivity index (χ3n) is 4.01. The summed E-state index contributed by atoms with van der Waals surface area (Å²) in [6.45, 7) is 4.91. The molecule has 2 aromatic rings. The summed E-state index contributed by atoms with van der Waals surface area (Å²) in [5.41, 5.74) is 1.22. The average molecular weight is 286 g/mol. The molecule has 1 aliphatic rings. The standard InChI is InChI=1S/C15H22N6/c1-16-9-14-7-8-20(10-14)12-15-17-18-19-21(15)11-13-5-3-2-4-6-13/h2-6,14,16H,7-12H2,1H3. The molecule has 2 heterocycles. The maximum atomic E-state index is 4.19. The molecule has 112 valence electrons. The maximum absolute atomic E-state index is 4.19. The second-order valence-corrected chi connectivity index (χ2v) is 5.69. The van der Waals surface area contributed by atoms with E-state index in [-0.39, 0.29) is 0 Å². The number of likely N-dealkylation sites (tertiary alicyclic amines) is 1. The second-order valence-electron chi connectivity index (χ2n) is 5.69. The molecule has 0 saturated carbocycles. The van der Waals surface area contributed by atoms with Crippen molar-refractivity contribution >= 4 is 0 Å². The van der Waals surface area contributed by atoms with Crippen LogP contribution < -0.4 is 5.32 Å². The molecule has 1 aromatic heterocycles. The summed E-state index contributed by atoms with van der Waals surface area (Å²) in [6.07, 6.45) is 1.25. The number of tetrazole rings is 1. The van der Waals surface area contributed by atoms with Crippen molar-refractivity contribution in [2.75, 3.05) is 26.7 Å². The van der Waals surface area contributed by atoms with E-state index < -0.39 is 0 Å². The first-order valence-electron chi connectivity index (χ1n) is 7.51. The fraction of sp³-hybridized carbons (Fsp3) is 0.533. The van der Waals surface area contributed by atoms with Crippen LogP contribution in [0.5, 0.6) is 0 Å². The Bertz CT molecular complexity index is 552. The summed E-state index contributed by atoms with van der Waals surface area (Å²) >= 11 is 0. The van der Waals surface area contributed by atoms with Gasteiger partial charge in [0.2, 0.25) is 0 Å². The maximum Gasteiger partial charge on any atom is 0.165 e. The first-order chi connectivity index (χ1) is 10.3. The monoisotopic (exact) mass is 286 g/mol. The minimum absolute atomic E-state index is 0.733. The molecule has 0 amide bonds. The summed E-state index contributed by atoms with van der Waals surface area (Å²) in [4.78, 5) is 2.44. The van der Waals surface area contributed by atoms with Crippen LogP contribution in [0.1, 0.15) is 17.8 Å². The molecule has 21 heavy (non-hydrogen) atoms. The average Bonchev–Trinajstić information content (AvgIpc) is 3.11. The van der Waals surface area contributed by atoms with Crippen LogP contribution in [0.3, 0.4) is 0 Å². The Morgan fingerprint density at radius 1 is 1.24 bits per heavy atom. The van der Waals surface area contributed by atoms with Gasteiger partial charge in [0.1, 0.15) is 0 Å². The fourth-order valence-electron chi connectivity index (χ4n) is 2.93. The van der Waals surface area contributed by atoms with Crippen molar-refractivity contribution < 1.29 is 0 Å². The van der Waals surface area contributed by atoms with Crippen LogP contribution in [0.15, 0.2) is 30.3 Å². The van der Waals surface area contributed by atoms with Gasteiger partial charge in [-0.15, -0.1) is 5.10 Å². The SMILES string of the molecule is CNCC1CCN(Cc2nnnn2Cc2ccccc2)C1. The van der Waals surface area contributed by atoms with Crippen LogP contribution >= 0.6 is 0 Å². The summed E-state index contributed by atoms with van der Waals surface area (Å²) in [7, 11) is 2.02. The highest BCUT2D eigenvalue weighted by molar-refractivity contribution is 5.14. The summed E-state index contributed by atoms with van der Waals surface area (Å²) in [5, 5.41) is 15.4. The molecule has 0 aliphatic carbocycles. The third-order valence-corrected chi connectivity index (χ3v) is 4.01. The Hall–Kier alpha value is -1.79. The van der Waals surface area contributed by atoms with E-state index in [0.29, 0.717) is 0 Å². The van der Waals surface area contributed by atoms with E-state index in [1.807, 2.05) is 29.9 Å². The van der Waals surface area contributed by atoms with Gasteiger partial charge in [-0.3, -0.25) is 4.90 Å². The molecule has 1 aliphatic heterocycles. The molecule has 0 bridgehead atoms. The molecular formula is C15H22N6. The van der Waals surface area contributed by atoms with Crippen molar-refractivity contribution in [2.24, 2.45) is 5.92 Å². The van der Waals surface area contributed by atoms with Crippen LogP contribution in [-0.2, 0) is 13.1 Å². The summed E-state index contributed by atoms with van der Waals surface area (Å²) in [6, 6.07) is 10.3. The van der Waals surface area contributed by atoms with Crippen molar-refractivity contribution in [3.8, 4) is 0 Å². The Kier molecular flexibility index (Phi) is 4.57. The largest absolute Gasteiger partial charge is 0.319 e. The van der Waals surface area contributed by atoms with Crippen LogP contribution in [0.2, 0.25) is 0 Å². The zero-order valence-corrected chi connectivity index (χ0v) is 12.4. The Morgan fingerprint density at radius 2 is 2.10 bits per heavy atom. The van der Waals surface area contributed by atoms with Gasteiger partial charge in [-0.25, -0.2) is 4.68 Å². The number of nitrogens with zero attached hydrogens (tertiary/aromatic N) is 5. The van der Waals surface area contributed by atoms with Crippen molar-refractivity contribution in [3.05, 3.63) is 41.7 Å². The zero-order valence-electron chi connectivity index (χ0n) is 12.4. The molecular weight excluding hydrogens is 264 g/mol. The number of nitrogens with one attached hydrogen (secondary N) is 1. The topological polar surface area (TPSA) is 58.9 Å². The zero-order chi connectivity index (χ0) is 14.5. The van der Waals surface area contributed by atoms with Crippen molar-refractivity contribution in [3.63, 3.8) is 0 Å². The minimum Gasteiger partial charge on any atom is -0.319 e. The Labute approximate surface area is 125 Å². The summed E-state index contributed by atoms with van der Waals surface area (Å²) in [5.74, 6) is 1.69. The van der Waals surface area contributed by atoms with Crippen molar-refractivity contribution in [1.82, 2.24) is 30.4 Å². The molecule has 3 rings (SSSR count). The van der Waals surface area contributed by atoms with Crippen molar-refractivity contribution in [1.29, 1.82) is 0 Å². The van der Waals surface area contributed by atoms with E-state index in [0.717, 1.165) is 44.5 Å². The normalized spacial score (nSPS) is 19.2. The van der Waals surface area contributed by atoms with E-state index in [9.17, 15) is 0 Å². The van der Waals surface area contributed by atoms with Crippen LogP contribution in [0, 0.1) is 5.92 Å². The van der Waals surface area contributed by atoms with Crippen LogP contribution in [0.25, 0.3) is 0 Å². The van der Waals surface area contributed by atoms with Crippen molar-refractivity contribution in [2.45, 2.75) is 19.5 Å². The number of hydrogen-bond donors (Lipinski definition) is 1. The highest BCUT2D eigenvalue weighted by atomic mass is 15.5. The van der Waals surface area contributed by atoms with E-state index in [1.165, 1.54) is 12.0 Å². The van der Waals surface area contributed by atoms with Gasteiger partial charge in [0.15, 0.2) is 5.82 Å². The predicted molar refractivity (Wildman–Crippen MR) is 80.7 cm³/mol. The summed E-state index contributed by atoms with van der Waals surface area (Å²) < 4.78 is 1.90. The molecule has 6 nitrogen and oxygen atoms in total. The molecule has 0 radical (unpaired) electrons. The minimum atomic E-state index is 0.733. The highest BCUT2D eigenvalue weighted by Crippen LogP contribution is 2.17. The van der Waals surface area contributed by atoms with E-state index in [2.05, 4.69) is 37.9 Å². The second kappa shape index (κ2) is 6.78. The van der Waals surface area contributed by atoms with Gasteiger partial charge in [-0.05, 0) is 48.5 Å². The number of hydrogen-bond acceptors (Lipinski definition) is 5. The molecule has 1 N–H and O–H groups in total. The van der Waals surface area contributed by atoms with Gasteiger partial charge in [0, 0.05) is 6.54 Å². The molecule has 1 aromatic carbocycles. The number of aromatic nitrogens is 4. The lowest BCUT2D eigenvalue weighted by Gasteiger charge is -2.15. The number of rotatable bonds is 6. The van der Waals surface area contributed by atoms with Gasteiger partial charge in [-0.2, -0.15) is 0 Å². The predicted octanol–water partition coefficient (Wildman–Crippen LogP) is 0.763. The molecule has 1 saturated heterocycles. The van der Waals surface area contributed by atoms with E-state index in [1.54, 1.807) is 0 Å². The van der Waals surface area contributed by atoms with E-state index >= 15 is 0 Å². The van der Waals surface area contributed by atoms with Gasteiger partial charge in [0.25, 0.3) is 0 Å². The lowest BCUT2D eigenvalue weighted by atomic mass is 10.1. The van der Waals surface area contributed by atoms with Crippen LogP contribution in [0.4, 0.5) is 0 Å². The smallest absolute Gasteiger partial charge is 0.165 e. The van der Waals surface area contributed by atoms with Gasteiger partial charge in [0.05, 0.1) is 13.1 Å². The first-order valence-corrected chi connectivity index (χ1v) is 7.51. The molecule has 1 fully saturated rings. The van der Waals surface area contributed by atoms with Gasteiger partial charge in [-0.1, -0.05) is 30.3 Å². The van der Waals surface area contributed by atoms with Crippen LogP contribution in [-0.4, -0.2) is 51.8 Å². The van der Waals surface area contributed by atoms with Gasteiger partial charge >= 0.3 is 0 Å². The molecule has 1 atom stereocenters. The quantitative estimate of drug-likeness (QED) is 0.850. The molecule has 1 unspecified atom stereocenters. The lowest BCUT2D eigenvalue weighted by molar-refractivity contribution is 0.301. The molecule has 6 heteroatoms. The van der Waals surface area contributed by atoms with E-state index in [4.69, 9.17) is 0 Å². The third kappa shape index (κ3) is 3.65. The molecule has 0 spiro atoms. The number of benzene rings is 1. The van der Waals surface area contributed by atoms with Gasteiger partial charge < -0.3 is 5.32 Å². The lowest BCUT2D eigenvalue weighted by Crippen LogP contribution is -2.25. The first kappa shape index (κ1) is 14.2. The highest BCUT2D eigenvalue weighted by Gasteiger charge is 2.23. The Balaban J connectivity index is 1.61.